The Kier molecular flexibility index (Phi) is 5.77. The second-order valence-corrected chi connectivity index (χ2v) is 7.58. The average molecular weight is 342 g/mol. The Balaban J connectivity index is 1.55. The molecule has 1 spiro atoms. The van der Waals surface area contributed by atoms with Crippen LogP contribution in [-0.4, -0.2) is 47.8 Å². The molecule has 2 aliphatic rings. The molecule has 0 aliphatic carbocycles. The highest BCUT2D eigenvalue weighted by Gasteiger charge is 2.48. The highest BCUT2D eigenvalue weighted by Crippen LogP contribution is 2.40. The van der Waals surface area contributed by atoms with Crippen LogP contribution in [0.25, 0.3) is 0 Å². The maximum Gasteiger partial charge on any atom is 0.230 e. The van der Waals surface area contributed by atoms with E-state index in [0.29, 0.717) is 18.9 Å². The van der Waals surface area contributed by atoms with E-state index in [1.807, 2.05) is 17.9 Å². The lowest BCUT2D eigenvalue weighted by atomic mass is 9.78. The number of amides is 2. The van der Waals surface area contributed by atoms with Crippen molar-refractivity contribution in [2.45, 2.75) is 51.9 Å². The van der Waals surface area contributed by atoms with E-state index in [-0.39, 0.29) is 11.3 Å². The first-order chi connectivity index (χ1) is 12.1. The molecule has 1 aromatic rings. The first kappa shape index (κ1) is 18.0. The van der Waals surface area contributed by atoms with Gasteiger partial charge < -0.3 is 9.80 Å². The van der Waals surface area contributed by atoms with Gasteiger partial charge in [0.1, 0.15) is 0 Å². The number of rotatable bonds is 6. The van der Waals surface area contributed by atoms with Crippen molar-refractivity contribution in [3.63, 3.8) is 0 Å². The van der Waals surface area contributed by atoms with E-state index in [9.17, 15) is 9.59 Å². The Morgan fingerprint density at radius 2 is 1.96 bits per heavy atom. The molecule has 0 radical (unpaired) electrons. The van der Waals surface area contributed by atoms with E-state index in [1.54, 1.807) is 0 Å². The van der Waals surface area contributed by atoms with E-state index in [0.717, 1.165) is 58.2 Å². The molecule has 136 valence electrons. The molecule has 2 amide bonds. The van der Waals surface area contributed by atoms with Crippen LogP contribution in [-0.2, 0) is 16.0 Å². The predicted octanol–water partition coefficient (Wildman–Crippen LogP) is 3.26. The van der Waals surface area contributed by atoms with Gasteiger partial charge in [0.25, 0.3) is 0 Å². The molecule has 0 bridgehead atoms. The highest BCUT2D eigenvalue weighted by atomic mass is 16.2. The van der Waals surface area contributed by atoms with Crippen molar-refractivity contribution < 1.29 is 9.59 Å². The Bertz CT molecular complexity index is 601. The van der Waals surface area contributed by atoms with Gasteiger partial charge in [-0.2, -0.15) is 0 Å². The lowest BCUT2D eigenvalue weighted by Crippen LogP contribution is -2.50. The maximum atomic E-state index is 13.1. The molecule has 3 rings (SSSR count). The lowest BCUT2D eigenvalue weighted by molar-refractivity contribution is -0.146. The smallest absolute Gasteiger partial charge is 0.230 e. The zero-order valence-corrected chi connectivity index (χ0v) is 15.4. The molecule has 25 heavy (non-hydrogen) atoms. The third-order valence-corrected chi connectivity index (χ3v) is 5.73. The average Bonchev–Trinajstić information content (AvgIpc) is 3.05. The molecule has 0 N–H and O–H groups in total. The minimum absolute atomic E-state index is 0.216. The van der Waals surface area contributed by atoms with Gasteiger partial charge in [0.2, 0.25) is 11.8 Å². The number of benzene rings is 1. The molecule has 0 unspecified atom stereocenters. The SMILES string of the molecule is CCCC(=O)N1CC[C@@]2(CCCN(CCCc3ccccc3)C2=O)C1. The van der Waals surface area contributed by atoms with E-state index < -0.39 is 0 Å². The minimum atomic E-state index is -0.297. The highest BCUT2D eigenvalue weighted by molar-refractivity contribution is 5.86. The van der Waals surface area contributed by atoms with Crippen LogP contribution in [0.2, 0.25) is 0 Å². The van der Waals surface area contributed by atoms with Gasteiger partial charge >= 0.3 is 0 Å². The van der Waals surface area contributed by atoms with Crippen molar-refractivity contribution in [2.24, 2.45) is 5.41 Å². The van der Waals surface area contributed by atoms with Crippen LogP contribution in [0.15, 0.2) is 30.3 Å². The molecule has 0 saturated carbocycles. The van der Waals surface area contributed by atoms with Crippen molar-refractivity contribution in [1.82, 2.24) is 9.80 Å². The van der Waals surface area contributed by atoms with E-state index in [4.69, 9.17) is 0 Å². The van der Waals surface area contributed by atoms with Crippen molar-refractivity contribution in [3.05, 3.63) is 35.9 Å². The number of hydrogen-bond donors (Lipinski definition) is 0. The second-order valence-electron chi connectivity index (χ2n) is 7.58. The van der Waals surface area contributed by atoms with Crippen molar-refractivity contribution in [3.8, 4) is 0 Å². The molecule has 2 fully saturated rings. The third-order valence-electron chi connectivity index (χ3n) is 5.73. The lowest BCUT2D eigenvalue weighted by Gasteiger charge is -2.39. The summed E-state index contributed by atoms with van der Waals surface area (Å²) in [5.41, 5.74) is 1.04. The number of nitrogens with zero attached hydrogens (tertiary/aromatic N) is 2. The van der Waals surface area contributed by atoms with Crippen LogP contribution in [0.3, 0.4) is 0 Å². The van der Waals surface area contributed by atoms with Crippen molar-refractivity contribution in [1.29, 1.82) is 0 Å². The summed E-state index contributed by atoms with van der Waals surface area (Å²) in [4.78, 5) is 29.3. The summed E-state index contributed by atoms with van der Waals surface area (Å²) in [7, 11) is 0. The number of carbonyl (C=O) groups is 2. The summed E-state index contributed by atoms with van der Waals surface area (Å²) in [6.07, 6.45) is 6.34. The summed E-state index contributed by atoms with van der Waals surface area (Å²) in [5, 5.41) is 0. The van der Waals surface area contributed by atoms with E-state index >= 15 is 0 Å². The van der Waals surface area contributed by atoms with Crippen LogP contribution in [0.1, 0.15) is 51.0 Å². The first-order valence-electron chi connectivity index (χ1n) is 9.76. The van der Waals surface area contributed by atoms with Gasteiger partial charge in [-0.1, -0.05) is 37.3 Å². The molecule has 2 aliphatic heterocycles. The minimum Gasteiger partial charge on any atom is -0.342 e. The molecule has 1 aromatic carbocycles. The van der Waals surface area contributed by atoms with Crippen molar-refractivity contribution in [2.75, 3.05) is 26.2 Å². The molecule has 0 aromatic heterocycles. The van der Waals surface area contributed by atoms with Gasteiger partial charge in [-0.3, -0.25) is 9.59 Å². The fraction of sp³-hybridized carbons (Fsp3) is 0.619. The number of carbonyl (C=O) groups excluding carboxylic acids is 2. The number of hydrogen-bond acceptors (Lipinski definition) is 2. The van der Waals surface area contributed by atoms with Crippen LogP contribution in [0.5, 0.6) is 0 Å². The largest absolute Gasteiger partial charge is 0.342 e. The molecule has 2 saturated heterocycles. The quantitative estimate of drug-likeness (QED) is 0.796. The van der Waals surface area contributed by atoms with Crippen LogP contribution >= 0.6 is 0 Å². The van der Waals surface area contributed by atoms with Crippen molar-refractivity contribution >= 4 is 11.8 Å². The first-order valence-corrected chi connectivity index (χ1v) is 9.76. The fourth-order valence-electron chi connectivity index (χ4n) is 4.32. The normalized spacial score (nSPS) is 23.5. The van der Waals surface area contributed by atoms with Crippen LogP contribution < -0.4 is 0 Å². The summed E-state index contributed by atoms with van der Waals surface area (Å²) in [6, 6.07) is 10.5. The van der Waals surface area contributed by atoms with E-state index in [2.05, 4.69) is 29.2 Å². The standard InChI is InChI=1S/C21H30N2O2/c1-2-8-19(24)23-16-13-21(17-23)12-7-15-22(20(21)25)14-6-11-18-9-4-3-5-10-18/h3-5,9-10H,2,6-8,11-17H2,1H3/t21-/m0/s1. The van der Waals surface area contributed by atoms with Gasteiger partial charge in [0.15, 0.2) is 0 Å². The monoisotopic (exact) mass is 342 g/mol. The van der Waals surface area contributed by atoms with Crippen LogP contribution in [0, 0.1) is 5.41 Å². The van der Waals surface area contributed by atoms with Gasteiger partial charge in [-0.15, -0.1) is 0 Å². The summed E-state index contributed by atoms with van der Waals surface area (Å²) in [6.45, 7) is 5.13. The number of aryl methyl sites for hydroxylation is 1. The second kappa shape index (κ2) is 8.03. The molecular weight excluding hydrogens is 312 g/mol. The zero-order chi connectivity index (χ0) is 17.7. The Morgan fingerprint density at radius 3 is 2.72 bits per heavy atom. The van der Waals surface area contributed by atoms with Gasteiger partial charge in [-0.25, -0.2) is 0 Å². The van der Waals surface area contributed by atoms with Crippen LogP contribution in [0.4, 0.5) is 0 Å². The number of piperidine rings is 1. The topological polar surface area (TPSA) is 40.6 Å². The summed E-state index contributed by atoms with van der Waals surface area (Å²) >= 11 is 0. The summed E-state index contributed by atoms with van der Waals surface area (Å²) in [5.74, 6) is 0.506. The summed E-state index contributed by atoms with van der Waals surface area (Å²) < 4.78 is 0. The predicted molar refractivity (Wildman–Crippen MR) is 99.1 cm³/mol. The number of likely N-dealkylation sites (tertiary alicyclic amines) is 2. The zero-order valence-electron chi connectivity index (χ0n) is 15.4. The van der Waals surface area contributed by atoms with Gasteiger partial charge in [0, 0.05) is 32.6 Å². The Morgan fingerprint density at radius 1 is 1.16 bits per heavy atom. The Hall–Kier alpha value is -1.84. The maximum absolute atomic E-state index is 13.1. The third kappa shape index (κ3) is 4.05. The molecule has 2 heterocycles. The van der Waals surface area contributed by atoms with Gasteiger partial charge in [0.05, 0.1) is 5.41 Å². The van der Waals surface area contributed by atoms with E-state index in [1.165, 1.54) is 5.56 Å². The molecule has 1 atom stereocenters. The molecule has 4 heteroatoms. The molecular formula is C21H30N2O2. The Labute approximate surface area is 151 Å². The molecule has 4 nitrogen and oxygen atoms in total. The fourth-order valence-corrected chi connectivity index (χ4v) is 4.32. The van der Waals surface area contributed by atoms with Gasteiger partial charge in [-0.05, 0) is 44.1 Å².